The number of hydrogen-bond donors (Lipinski definition) is 1. The first-order chi connectivity index (χ1) is 12.7. The third kappa shape index (κ3) is 3.26. The Morgan fingerprint density at radius 1 is 1.08 bits per heavy atom. The number of fused-ring (bicyclic) bond motifs is 1. The van der Waals surface area contributed by atoms with Crippen LogP contribution in [-0.2, 0) is 4.79 Å². The van der Waals surface area contributed by atoms with Crippen LogP contribution >= 0.6 is 0 Å². The lowest BCUT2D eigenvalue weighted by molar-refractivity contribution is -0.118. The number of benzene rings is 1. The zero-order valence-corrected chi connectivity index (χ0v) is 14.1. The second-order valence-corrected chi connectivity index (χ2v) is 6.06. The van der Waals surface area contributed by atoms with Crippen molar-refractivity contribution >= 4 is 23.8 Å². The largest absolute Gasteiger partial charge is 0.454 e. The molecule has 0 aliphatic carbocycles. The van der Waals surface area contributed by atoms with E-state index >= 15 is 0 Å². The molecule has 0 radical (unpaired) electrons. The number of carbonyl (C=O) groups excluding carboxylic acids is 2. The molecular weight excluding hydrogens is 336 g/mol. The normalized spacial score (nSPS) is 15.7. The van der Waals surface area contributed by atoms with Crippen LogP contribution < -0.4 is 19.7 Å². The summed E-state index contributed by atoms with van der Waals surface area (Å²) in [4.78, 5) is 31.4. The maximum atomic E-state index is 12.4. The number of amides is 2. The molecule has 0 atom stereocenters. The first-order valence-electron chi connectivity index (χ1n) is 8.34. The molecule has 26 heavy (non-hydrogen) atoms. The van der Waals surface area contributed by atoms with Crippen LogP contribution in [0, 0.1) is 0 Å². The Morgan fingerprint density at radius 2 is 1.88 bits per heavy atom. The minimum Gasteiger partial charge on any atom is -0.454 e. The van der Waals surface area contributed by atoms with E-state index in [9.17, 15) is 9.59 Å². The fraction of sp³-hybridized carbons (Fsp3) is 0.278. The van der Waals surface area contributed by atoms with Crippen LogP contribution in [0.3, 0.4) is 0 Å². The maximum absolute atomic E-state index is 12.4. The van der Waals surface area contributed by atoms with Gasteiger partial charge in [-0.1, -0.05) is 0 Å². The summed E-state index contributed by atoms with van der Waals surface area (Å²) in [5.74, 6) is 1.80. The Labute approximate surface area is 150 Å². The van der Waals surface area contributed by atoms with E-state index in [4.69, 9.17) is 9.47 Å². The summed E-state index contributed by atoms with van der Waals surface area (Å²) in [6.07, 6.45) is 2.51. The van der Waals surface area contributed by atoms with Gasteiger partial charge in [0, 0.05) is 31.7 Å². The number of aromatic nitrogens is 1. The van der Waals surface area contributed by atoms with E-state index in [0.29, 0.717) is 35.8 Å². The van der Waals surface area contributed by atoms with Crippen LogP contribution in [0.1, 0.15) is 10.4 Å². The van der Waals surface area contributed by atoms with Crippen LogP contribution in [0.4, 0.5) is 11.5 Å². The molecule has 134 valence electrons. The van der Waals surface area contributed by atoms with Crippen LogP contribution in [0.25, 0.3) is 0 Å². The molecule has 0 saturated carbocycles. The lowest BCUT2D eigenvalue weighted by Gasteiger charge is -2.33. The quantitative estimate of drug-likeness (QED) is 0.835. The van der Waals surface area contributed by atoms with Crippen molar-refractivity contribution in [1.29, 1.82) is 0 Å². The van der Waals surface area contributed by atoms with Crippen molar-refractivity contribution in [2.75, 3.05) is 43.2 Å². The van der Waals surface area contributed by atoms with Crippen molar-refractivity contribution < 1.29 is 19.1 Å². The van der Waals surface area contributed by atoms with E-state index in [1.807, 2.05) is 12.1 Å². The molecule has 2 aliphatic heterocycles. The highest BCUT2D eigenvalue weighted by Gasteiger charge is 2.18. The molecule has 0 unspecified atom stereocenters. The molecule has 2 amide bonds. The Balaban J connectivity index is 1.39. The highest BCUT2D eigenvalue weighted by Crippen LogP contribution is 2.32. The molecule has 8 nitrogen and oxygen atoms in total. The Morgan fingerprint density at radius 3 is 2.62 bits per heavy atom. The number of ether oxygens (including phenoxy) is 2. The van der Waals surface area contributed by atoms with Crippen LogP contribution in [0.5, 0.6) is 11.5 Å². The molecule has 8 heteroatoms. The standard InChI is InChI=1S/C18H18N4O4/c23-11-21-5-7-22(8-6-21)17-4-2-14(10-19-17)20-18(24)13-1-3-15-16(9-13)26-12-25-15/h1-4,9-11H,5-8,12H2,(H,20,24). The van der Waals surface area contributed by atoms with Crippen molar-refractivity contribution in [3.8, 4) is 11.5 Å². The Hall–Kier alpha value is -3.29. The second kappa shape index (κ2) is 6.91. The van der Waals surface area contributed by atoms with Gasteiger partial charge in [-0.3, -0.25) is 9.59 Å². The molecule has 1 aromatic carbocycles. The van der Waals surface area contributed by atoms with E-state index in [1.54, 1.807) is 29.3 Å². The monoisotopic (exact) mass is 354 g/mol. The third-order valence-corrected chi connectivity index (χ3v) is 4.43. The SMILES string of the molecule is O=CN1CCN(c2ccc(NC(=O)c3ccc4c(c3)OCO4)cn2)CC1. The van der Waals surface area contributed by atoms with Gasteiger partial charge in [0.2, 0.25) is 13.2 Å². The minimum absolute atomic E-state index is 0.174. The molecule has 1 aromatic heterocycles. The molecule has 3 heterocycles. The van der Waals surface area contributed by atoms with E-state index in [0.717, 1.165) is 25.3 Å². The minimum atomic E-state index is -0.238. The molecule has 0 spiro atoms. The van der Waals surface area contributed by atoms with Gasteiger partial charge in [0.05, 0.1) is 11.9 Å². The first kappa shape index (κ1) is 16.2. The van der Waals surface area contributed by atoms with Crippen molar-refractivity contribution in [3.63, 3.8) is 0 Å². The number of carbonyl (C=O) groups is 2. The summed E-state index contributed by atoms with van der Waals surface area (Å²) in [6, 6.07) is 8.76. The molecule has 1 fully saturated rings. The number of anilines is 2. The van der Waals surface area contributed by atoms with E-state index in [2.05, 4.69) is 15.2 Å². The number of hydrogen-bond acceptors (Lipinski definition) is 6. The van der Waals surface area contributed by atoms with Crippen LogP contribution in [-0.4, -0.2) is 55.2 Å². The Bertz CT molecular complexity index is 816. The number of rotatable bonds is 4. The first-order valence-corrected chi connectivity index (χ1v) is 8.34. The number of piperazine rings is 1. The van der Waals surface area contributed by atoms with E-state index in [-0.39, 0.29) is 12.7 Å². The molecule has 2 aromatic rings. The van der Waals surface area contributed by atoms with Gasteiger partial charge in [-0.05, 0) is 30.3 Å². The third-order valence-electron chi connectivity index (χ3n) is 4.43. The fourth-order valence-electron chi connectivity index (χ4n) is 2.94. The van der Waals surface area contributed by atoms with Gasteiger partial charge in [0.25, 0.3) is 5.91 Å². The topological polar surface area (TPSA) is 84.0 Å². The molecule has 1 saturated heterocycles. The fourth-order valence-corrected chi connectivity index (χ4v) is 2.94. The van der Waals surface area contributed by atoms with Gasteiger partial charge in [-0.25, -0.2) is 4.98 Å². The van der Waals surface area contributed by atoms with Gasteiger partial charge in [-0.15, -0.1) is 0 Å². The zero-order valence-electron chi connectivity index (χ0n) is 14.1. The van der Waals surface area contributed by atoms with Crippen molar-refractivity contribution in [1.82, 2.24) is 9.88 Å². The summed E-state index contributed by atoms with van der Waals surface area (Å²) in [5.41, 5.74) is 1.10. The highest BCUT2D eigenvalue weighted by molar-refractivity contribution is 6.04. The highest BCUT2D eigenvalue weighted by atomic mass is 16.7. The summed E-state index contributed by atoms with van der Waals surface area (Å²) in [5, 5.41) is 2.82. The van der Waals surface area contributed by atoms with Crippen molar-refractivity contribution in [2.24, 2.45) is 0 Å². The van der Waals surface area contributed by atoms with Gasteiger partial charge in [0.15, 0.2) is 11.5 Å². The predicted octanol–water partition coefficient (Wildman–Crippen LogP) is 1.34. The Kier molecular flexibility index (Phi) is 4.30. The smallest absolute Gasteiger partial charge is 0.255 e. The lowest BCUT2D eigenvalue weighted by Crippen LogP contribution is -2.46. The summed E-state index contributed by atoms with van der Waals surface area (Å²) >= 11 is 0. The van der Waals surface area contributed by atoms with Gasteiger partial charge >= 0.3 is 0 Å². The number of pyridine rings is 1. The molecule has 0 bridgehead atoms. The van der Waals surface area contributed by atoms with Crippen LogP contribution in [0.2, 0.25) is 0 Å². The molecular formula is C18H18N4O4. The molecule has 4 rings (SSSR count). The summed E-state index contributed by atoms with van der Waals surface area (Å²) in [6.45, 7) is 3.04. The van der Waals surface area contributed by atoms with Crippen molar-refractivity contribution in [2.45, 2.75) is 0 Å². The maximum Gasteiger partial charge on any atom is 0.255 e. The zero-order chi connectivity index (χ0) is 17.9. The summed E-state index contributed by atoms with van der Waals surface area (Å²) in [7, 11) is 0. The van der Waals surface area contributed by atoms with E-state index in [1.165, 1.54) is 0 Å². The van der Waals surface area contributed by atoms with E-state index < -0.39 is 0 Å². The summed E-state index contributed by atoms with van der Waals surface area (Å²) < 4.78 is 10.5. The predicted molar refractivity (Wildman–Crippen MR) is 94.6 cm³/mol. The van der Waals surface area contributed by atoms with Gasteiger partial charge in [0.1, 0.15) is 5.82 Å². The average Bonchev–Trinajstić information content (AvgIpc) is 3.16. The van der Waals surface area contributed by atoms with Crippen LogP contribution in [0.15, 0.2) is 36.5 Å². The van der Waals surface area contributed by atoms with Crippen molar-refractivity contribution in [3.05, 3.63) is 42.1 Å². The van der Waals surface area contributed by atoms with Gasteiger partial charge in [-0.2, -0.15) is 0 Å². The van der Waals surface area contributed by atoms with Gasteiger partial charge < -0.3 is 24.6 Å². The molecule has 2 aliphatic rings. The molecule has 1 N–H and O–H groups in total. The average molecular weight is 354 g/mol. The number of nitrogens with zero attached hydrogens (tertiary/aromatic N) is 3. The number of nitrogens with one attached hydrogen (secondary N) is 1. The lowest BCUT2D eigenvalue weighted by atomic mass is 10.2. The second-order valence-electron chi connectivity index (χ2n) is 6.06.